The standard InChI is InChI=1S/C27H21ClFN3O2/c1-17-14-18(8-9-27(10-11-27)12-13-30)15-23(31-17)26(34)32-25(19-2-4-20(28)5-3-19)22-16-21(29)6-7-24(22)33/h2-7,14-16,25,33H,10-12H2,1H3,(H,32,34). The van der Waals surface area contributed by atoms with Crippen LogP contribution in [0.4, 0.5) is 4.39 Å². The average Bonchev–Trinajstić information content (AvgIpc) is 3.58. The van der Waals surface area contributed by atoms with Crippen molar-refractivity contribution in [2.45, 2.75) is 32.2 Å². The summed E-state index contributed by atoms with van der Waals surface area (Å²) in [7, 11) is 0. The Hall–Kier alpha value is -3.87. The molecule has 1 amide bonds. The van der Waals surface area contributed by atoms with Gasteiger partial charge < -0.3 is 10.4 Å². The number of carbonyl (C=O) groups is 1. The molecule has 1 atom stereocenters. The van der Waals surface area contributed by atoms with Gasteiger partial charge in [-0.25, -0.2) is 9.37 Å². The normalized spacial score (nSPS) is 14.3. The molecule has 1 unspecified atom stereocenters. The van der Waals surface area contributed by atoms with Gasteiger partial charge in [0.15, 0.2) is 0 Å². The Bertz CT molecular complexity index is 1350. The second-order valence-electron chi connectivity index (χ2n) is 8.41. The molecule has 0 bridgehead atoms. The highest BCUT2D eigenvalue weighted by Crippen LogP contribution is 2.47. The third-order valence-corrected chi connectivity index (χ3v) is 5.96. The van der Waals surface area contributed by atoms with Gasteiger partial charge in [-0.05, 0) is 67.8 Å². The lowest BCUT2D eigenvalue weighted by Crippen LogP contribution is -2.30. The van der Waals surface area contributed by atoms with Gasteiger partial charge in [0.1, 0.15) is 17.3 Å². The largest absolute Gasteiger partial charge is 0.508 e. The summed E-state index contributed by atoms with van der Waals surface area (Å²) in [6.45, 7) is 1.76. The lowest BCUT2D eigenvalue weighted by molar-refractivity contribution is 0.0937. The highest BCUT2D eigenvalue weighted by atomic mass is 35.5. The van der Waals surface area contributed by atoms with Crippen molar-refractivity contribution in [1.82, 2.24) is 10.3 Å². The van der Waals surface area contributed by atoms with Crippen LogP contribution >= 0.6 is 11.6 Å². The average molecular weight is 474 g/mol. The van der Waals surface area contributed by atoms with E-state index < -0.39 is 17.8 Å². The highest BCUT2D eigenvalue weighted by Gasteiger charge is 2.40. The number of pyridine rings is 1. The monoisotopic (exact) mass is 473 g/mol. The lowest BCUT2D eigenvalue weighted by atomic mass is 9.97. The molecular weight excluding hydrogens is 453 g/mol. The zero-order chi connectivity index (χ0) is 24.3. The molecule has 1 aromatic heterocycles. The Balaban J connectivity index is 1.66. The van der Waals surface area contributed by atoms with Crippen molar-refractivity contribution in [1.29, 1.82) is 5.26 Å². The van der Waals surface area contributed by atoms with Crippen LogP contribution in [-0.4, -0.2) is 16.0 Å². The first-order valence-corrected chi connectivity index (χ1v) is 11.1. The quantitative estimate of drug-likeness (QED) is 0.482. The molecule has 0 aliphatic heterocycles. The number of nitriles is 1. The van der Waals surface area contributed by atoms with Crippen LogP contribution in [0.3, 0.4) is 0 Å². The van der Waals surface area contributed by atoms with E-state index in [1.165, 1.54) is 12.1 Å². The van der Waals surface area contributed by atoms with Gasteiger partial charge in [-0.1, -0.05) is 35.6 Å². The number of nitrogens with zero attached hydrogens (tertiary/aromatic N) is 2. The molecule has 1 saturated carbocycles. The van der Waals surface area contributed by atoms with E-state index >= 15 is 0 Å². The molecular formula is C27H21ClFN3O2. The number of phenolic OH excluding ortho intramolecular Hbond substituents is 1. The van der Waals surface area contributed by atoms with Crippen molar-refractivity contribution in [2.24, 2.45) is 5.41 Å². The van der Waals surface area contributed by atoms with Crippen molar-refractivity contribution < 1.29 is 14.3 Å². The number of aromatic hydroxyl groups is 1. The summed E-state index contributed by atoms with van der Waals surface area (Å²) >= 11 is 6.00. The number of halogens is 2. The Kier molecular flexibility index (Phi) is 6.54. The number of hydrogen-bond donors (Lipinski definition) is 2. The molecule has 0 saturated heterocycles. The van der Waals surface area contributed by atoms with Crippen LogP contribution in [0.25, 0.3) is 0 Å². The Morgan fingerprint density at radius 2 is 1.97 bits per heavy atom. The van der Waals surface area contributed by atoms with E-state index in [2.05, 4.69) is 28.2 Å². The predicted octanol–water partition coefficient (Wildman–Crippen LogP) is 5.45. The van der Waals surface area contributed by atoms with Gasteiger partial charge in [-0.2, -0.15) is 5.26 Å². The molecule has 2 aromatic carbocycles. The second kappa shape index (κ2) is 9.55. The zero-order valence-corrected chi connectivity index (χ0v) is 19.2. The predicted molar refractivity (Wildman–Crippen MR) is 127 cm³/mol. The van der Waals surface area contributed by atoms with Crippen molar-refractivity contribution in [3.8, 4) is 23.7 Å². The van der Waals surface area contributed by atoms with E-state index in [-0.39, 0.29) is 22.4 Å². The first-order chi connectivity index (χ1) is 16.3. The van der Waals surface area contributed by atoms with Crippen molar-refractivity contribution >= 4 is 17.5 Å². The molecule has 2 N–H and O–H groups in total. The number of hydrogen-bond acceptors (Lipinski definition) is 4. The molecule has 1 heterocycles. The van der Waals surface area contributed by atoms with E-state index in [0.29, 0.717) is 28.3 Å². The molecule has 7 heteroatoms. The molecule has 3 aromatic rings. The van der Waals surface area contributed by atoms with Crippen LogP contribution in [0.2, 0.25) is 5.02 Å². The highest BCUT2D eigenvalue weighted by molar-refractivity contribution is 6.30. The molecule has 170 valence electrons. The van der Waals surface area contributed by atoms with Gasteiger partial charge in [0, 0.05) is 27.3 Å². The summed E-state index contributed by atoms with van der Waals surface area (Å²) in [6, 6.07) is 15.0. The maximum Gasteiger partial charge on any atom is 0.270 e. The summed E-state index contributed by atoms with van der Waals surface area (Å²) in [5.74, 6) is 5.05. The topological polar surface area (TPSA) is 86.0 Å². The fraction of sp³-hybridized carbons (Fsp3) is 0.222. The van der Waals surface area contributed by atoms with Gasteiger partial charge in [-0.15, -0.1) is 0 Å². The van der Waals surface area contributed by atoms with Crippen LogP contribution in [-0.2, 0) is 0 Å². The minimum absolute atomic E-state index is 0.143. The summed E-state index contributed by atoms with van der Waals surface area (Å²) in [6.07, 6.45) is 2.17. The summed E-state index contributed by atoms with van der Waals surface area (Å²) in [4.78, 5) is 17.6. The van der Waals surface area contributed by atoms with E-state index in [1.807, 2.05) is 0 Å². The number of carbonyl (C=O) groups excluding carboxylic acids is 1. The fourth-order valence-electron chi connectivity index (χ4n) is 3.67. The number of aromatic nitrogens is 1. The summed E-state index contributed by atoms with van der Waals surface area (Å²) < 4.78 is 14.0. The Labute approximate surface area is 202 Å². The molecule has 1 fully saturated rings. The number of amides is 1. The maximum absolute atomic E-state index is 14.0. The number of benzene rings is 2. The van der Waals surface area contributed by atoms with Gasteiger partial charge in [-0.3, -0.25) is 4.79 Å². The molecule has 4 rings (SSSR count). The lowest BCUT2D eigenvalue weighted by Gasteiger charge is -2.21. The number of phenols is 1. The van der Waals surface area contributed by atoms with E-state index in [1.54, 1.807) is 43.3 Å². The molecule has 0 spiro atoms. The molecule has 0 radical (unpaired) electrons. The number of aryl methyl sites for hydroxylation is 1. The van der Waals surface area contributed by atoms with E-state index in [0.717, 1.165) is 18.9 Å². The first kappa shape index (κ1) is 23.3. The van der Waals surface area contributed by atoms with E-state index in [9.17, 15) is 14.3 Å². The van der Waals surface area contributed by atoms with Crippen molar-refractivity contribution in [2.75, 3.05) is 0 Å². The first-order valence-electron chi connectivity index (χ1n) is 10.7. The fourth-order valence-corrected chi connectivity index (χ4v) is 3.79. The SMILES string of the molecule is Cc1cc(C#CC2(CC#N)CC2)cc(C(=O)NC(c2ccc(Cl)cc2)c2cc(F)ccc2O)n1. The van der Waals surface area contributed by atoms with E-state index in [4.69, 9.17) is 16.9 Å². The van der Waals surface area contributed by atoms with Crippen LogP contribution in [0.5, 0.6) is 5.75 Å². The minimum atomic E-state index is -0.845. The molecule has 1 aliphatic carbocycles. The minimum Gasteiger partial charge on any atom is -0.508 e. The third kappa shape index (κ3) is 5.36. The summed E-state index contributed by atoms with van der Waals surface area (Å²) in [5, 5.41) is 22.7. The van der Waals surface area contributed by atoms with Crippen LogP contribution < -0.4 is 5.32 Å². The van der Waals surface area contributed by atoms with Crippen LogP contribution in [0, 0.1) is 41.3 Å². The van der Waals surface area contributed by atoms with Gasteiger partial charge in [0.25, 0.3) is 5.91 Å². The van der Waals surface area contributed by atoms with Gasteiger partial charge in [0.2, 0.25) is 0 Å². The van der Waals surface area contributed by atoms with Crippen LogP contribution in [0.1, 0.15) is 58.2 Å². The van der Waals surface area contributed by atoms with Crippen LogP contribution in [0.15, 0.2) is 54.6 Å². The molecule has 1 aliphatic rings. The van der Waals surface area contributed by atoms with Gasteiger partial charge in [0.05, 0.1) is 18.5 Å². The molecule has 34 heavy (non-hydrogen) atoms. The van der Waals surface area contributed by atoms with Crippen molar-refractivity contribution in [3.63, 3.8) is 0 Å². The maximum atomic E-state index is 14.0. The molecule has 5 nitrogen and oxygen atoms in total. The van der Waals surface area contributed by atoms with Crippen molar-refractivity contribution in [3.05, 3.63) is 93.5 Å². The Morgan fingerprint density at radius 3 is 2.65 bits per heavy atom. The van der Waals surface area contributed by atoms with Gasteiger partial charge >= 0.3 is 0 Å². The second-order valence-corrected chi connectivity index (χ2v) is 8.85. The Morgan fingerprint density at radius 1 is 1.24 bits per heavy atom. The number of nitrogens with one attached hydrogen (secondary N) is 1. The zero-order valence-electron chi connectivity index (χ0n) is 18.4. The third-order valence-electron chi connectivity index (χ3n) is 5.71. The summed E-state index contributed by atoms with van der Waals surface area (Å²) in [5.41, 5.74) is 1.94. The smallest absolute Gasteiger partial charge is 0.270 e. The number of rotatable bonds is 5.